The van der Waals surface area contributed by atoms with Crippen LogP contribution in [0.3, 0.4) is 0 Å². The minimum atomic E-state index is -1.45. The van der Waals surface area contributed by atoms with E-state index >= 15 is 0 Å². The van der Waals surface area contributed by atoms with Crippen LogP contribution in [-0.2, 0) is 4.74 Å². The van der Waals surface area contributed by atoms with Crippen LogP contribution in [0, 0.1) is 29.6 Å². The molecule has 3 aliphatic carbocycles. The third-order valence-corrected chi connectivity index (χ3v) is 7.66. The van der Waals surface area contributed by atoms with E-state index in [1.165, 1.54) is 38.5 Å². The highest BCUT2D eigenvalue weighted by Crippen LogP contribution is 2.46. The van der Waals surface area contributed by atoms with Gasteiger partial charge in [0, 0.05) is 0 Å². The monoisotopic (exact) mass is 368 g/mol. The molecule has 0 amide bonds. The maximum absolute atomic E-state index is 14.8. The van der Waals surface area contributed by atoms with Gasteiger partial charge in [-0.05, 0) is 87.4 Å². The zero-order chi connectivity index (χ0) is 18.5. The minimum absolute atomic E-state index is 0.0865. The van der Waals surface area contributed by atoms with Gasteiger partial charge in [0.2, 0.25) is 0 Å². The zero-order valence-electron chi connectivity index (χ0n) is 16.6. The first-order chi connectivity index (χ1) is 12.6. The van der Waals surface area contributed by atoms with E-state index in [4.69, 9.17) is 4.74 Å². The molecule has 3 fully saturated rings. The molecule has 3 rings (SSSR count). The maximum Gasteiger partial charge on any atom is 0.157 e. The van der Waals surface area contributed by atoms with Crippen LogP contribution in [0.25, 0.3) is 0 Å². The summed E-state index contributed by atoms with van der Waals surface area (Å²) in [5, 5.41) is 0. The lowest BCUT2D eigenvalue weighted by Gasteiger charge is -2.43. The predicted molar refractivity (Wildman–Crippen MR) is 104 cm³/mol. The second-order valence-corrected chi connectivity index (χ2v) is 9.31. The van der Waals surface area contributed by atoms with Crippen molar-refractivity contribution in [1.82, 2.24) is 0 Å². The third kappa shape index (κ3) is 4.88. The van der Waals surface area contributed by atoms with Crippen LogP contribution >= 0.6 is 0 Å². The van der Waals surface area contributed by atoms with E-state index in [1.807, 2.05) is 0 Å². The number of halogens is 2. The summed E-state index contributed by atoms with van der Waals surface area (Å²) in [4.78, 5) is 0. The molecule has 3 aliphatic rings. The Bertz CT molecular complexity index is 424. The van der Waals surface area contributed by atoms with Crippen molar-refractivity contribution in [1.29, 1.82) is 0 Å². The Morgan fingerprint density at radius 2 is 1.38 bits per heavy atom. The van der Waals surface area contributed by atoms with Crippen LogP contribution < -0.4 is 0 Å². The van der Waals surface area contributed by atoms with Gasteiger partial charge in [0.15, 0.2) is 6.17 Å². The Labute approximate surface area is 159 Å². The lowest BCUT2D eigenvalue weighted by molar-refractivity contribution is -0.0871. The summed E-state index contributed by atoms with van der Waals surface area (Å²) in [7, 11) is 0. The molecule has 0 N–H and O–H groups in total. The fraction of sp³-hybridized carbons (Fsp3) is 0.913. The van der Waals surface area contributed by atoms with Gasteiger partial charge >= 0.3 is 0 Å². The summed E-state index contributed by atoms with van der Waals surface area (Å²) in [6, 6.07) is 0. The Kier molecular flexibility index (Phi) is 7.54. The van der Waals surface area contributed by atoms with Gasteiger partial charge in [-0.15, -0.1) is 6.58 Å². The largest absolute Gasteiger partial charge is 0.375 e. The van der Waals surface area contributed by atoms with Crippen LogP contribution in [-0.4, -0.2) is 25.1 Å². The van der Waals surface area contributed by atoms with Crippen LogP contribution in [0.4, 0.5) is 8.78 Å². The molecule has 150 valence electrons. The van der Waals surface area contributed by atoms with E-state index in [1.54, 1.807) is 6.08 Å². The van der Waals surface area contributed by atoms with Gasteiger partial charge < -0.3 is 4.74 Å². The van der Waals surface area contributed by atoms with Crippen molar-refractivity contribution in [2.24, 2.45) is 29.6 Å². The predicted octanol–water partition coefficient (Wildman–Crippen LogP) is 6.67. The Balaban J connectivity index is 1.45. The second-order valence-electron chi connectivity index (χ2n) is 9.31. The summed E-state index contributed by atoms with van der Waals surface area (Å²) in [6.07, 6.45) is 10.8. The minimum Gasteiger partial charge on any atom is -0.375 e. The molecule has 3 heteroatoms. The van der Waals surface area contributed by atoms with E-state index in [9.17, 15) is 8.78 Å². The molecule has 0 spiro atoms. The van der Waals surface area contributed by atoms with E-state index in [0.29, 0.717) is 25.4 Å². The molecule has 0 saturated heterocycles. The second kappa shape index (κ2) is 9.66. The van der Waals surface area contributed by atoms with Crippen LogP contribution in [0.1, 0.15) is 77.6 Å². The van der Waals surface area contributed by atoms with E-state index in [0.717, 1.165) is 37.0 Å². The smallest absolute Gasteiger partial charge is 0.157 e. The third-order valence-electron chi connectivity index (χ3n) is 7.66. The highest BCUT2D eigenvalue weighted by atomic mass is 19.2. The number of hydrogen-bond donors (Lipinski definition) is 0. The number of hydrogen-bond acceptors (Lipinski definition) is 1. The topological polar surface area (TPSA) is 9.23 Å². The van der Waals surface area contributed by atoms with Crippen LogP contribution in [0.2, 0.25) is 0 Å². The number of ether oxygens (including phenoxy) is 1. The number of alkyl halides is 2. The van der Waals surface area contributed by atoms with Crippen molar-refractivity contribution in [3.05, 3.63) is 12.7 Å². The molecule has 3 saturated carbocycles. The van der Waals surface area contributed by atoms with Crippen LogP contribution in [0.5, 0.6) is 0 Å². The average molecular weight is 369 g/mol. The summed E-state index contributed by atoms with van der Waals surface area (Å²) in [6.45, 7) is 6.48. The first-order valence-corrected chi connectivity index (χ1v) is 11.1. The molecule has 0 bridgehead atoms. The summed E-state index contributed by atoms with van der Waals surface area (Å²) in [5.41, 5.74) is 0. The molecule has 0 heterocycles. The highest BCUT2D eigenvalue weighted by Gasteiger charge is 2.45. The number of rotatable bonds is 6. The summed E-state index contributed by atoms with van der Waals surface area (Å²) >= 11 is 0. The quantitative estimate of drug-likeness (QED) is 0.376. The van der Waals surface area contributed by atoms with Crippen molar-refractivity contribution >= 4 is 0 Å². The van der Waals surface area contributed by atoms with Crippen molar-refractivity contribution in [3.8, 4) is 0 Å². The van der Waals surface area contributed by atoms with E-state index in [-0.39, 0.29) is 5.92 Å². The molecule has 4 atom stereocenters. The molecular formula is C23H38F2O. The van der Waals surface area contributed by atoms with Crippen molar-refractivity contribution < 1.29 is 13.5 Å². The molecule has 26 heavy (non-hydrogen) atoms. The normalized spacial score (nSPS) is 44.6. The first kappa shape index (κ1) is 20.3. The van der Waals surface area contributed by atoms with Gasteiger partial charge in [0.25, 0.3) is 0 Å². The SMILES string of the molecule is C=CCCOC1CC[C@@H](C2CCC(C3CCC(C)CC3)CC2)C(F)C1F. The molecule has 0 radical (unpaired) electrons. The fourth-order valence-corrected chi connectivity index (χ4v) is 5.89. The molecule has 0 aliphatic heterocycles. The summed E-state index contributed by atoms with van der Waals surface area (Å²) in [5.74, 6) is 2.95. The standard InChI is InChI=1S/C23H38F2O/c1-3-4-15-26-21-14-13-20(22(24)23(21)25)19-11-9-18(10-12-19)17-7-5-16(2)6-8-17/h3,16-23H,1,4-15H2,2H3/t16?,17?,18?,19?,20-,21?,22?,23?/m0/s1. The summed E-state index contributed by atoms with van der Waals surface area (Å²) < 4.78 is 34.9. The Morgan fingerprint density at radius 1 is 0.808 bits per heavy atom. The van der Waals surface area contributed by atoms with Gasteiger partial charge in [0.05, 0.1) is 12.7 Å². The molecular weight excluding hydrogens is 330 g/mol. The first-order valence-electron chi connectivity index (χ1n) is 11.1. The lowest BCUT2D eigenvalue weighted by Crippen LogP contribution is -2.46. The molecule has 0 aromatic carbocycles. The lowest BCUT2D eigenvalue weighted by atomic mass is 9.65. The van der Waals surface area contributed by atoms with Gasteiger partial charge in [0.1, 0.15) is 6.17 Å². The zero-order valence-corrected chi connectivity index (χ0v) is 16.6. The molecule has 3 unspecified atom stereocenters. The van der Waals surface area contributed by atoms with Crippen molar-refractivity contribution in [3.63, 3.8) is 0 Å². The highest BCUT2D eigenvalue weighted by molar-refractivity contribution is 4.94. The van der Waals surface area contributed by atoms with Gasteiger partial charge in [-0.25, -0.2) is 8.78 Å². The Morgan fingerprint density at radius 3 is 2.00 bits per heavy atom. The maximum atomic E-state index is 14.8. The Hall–Kier alpha value is -0.440. The molecule has 0 aromatic rings. The van der Waals surface area contributed by atoms with E-state index < -0.39 is 18.4 Å². The average Bonchev–Trinajstić information content (AvgIpc) is 2.66. The van der Waals surface area contributed by atoms with Crippen molar-refractivity contribution in [2.45, 2.75) is 96.0 Å². The van der Waals surface area contributed by atoms with E-state index in [2.05, 4.69) is 13.5 Å². The van der Waals surface area contributed by atoms with Gasteiger partial charge in [-0.3, -0.25) is 0 Å². The fourth-order valence-electron chi connectivity index (χ4n) is 5.89. The van der Waals surface area contributed by atoms with Gasteiger partial charge in [-0.1, -0.05) is 25.8 Å². The van der Waals surface area contributed by atoms with Gasteiger partial charge in [-0.2, -0.15) is 0 Å². The molecule has 0 aromatic heterocycles. The molecule has 1 nitrogen and oxygen atoms in total. The van der Waals surface area contributed by atoms with Crippen molar-refractivity contribution in [2.75, 3.05) is 6.61 Å². The van der Waals surface area contributed by atoms with Crippen LogP contribution in [0.15, 0.2) is 12.7 Å².